The largest absolute Gasteiger partial charge is 0.372 e. The lowest BCUT2D eigenvalue weighted by Crippen LogP contribution is -2.48. The van der Waals surface area contributed by atoms with E-state index in [1.807, 2.05) is 55.3 Å². The van der Waals surface area contributed by atoms with Gasteiger partial charge in [0, 0.05) is 31.1 Å². The molecule has 1 fully saturated rings. The van der Waals surface area contributed by atoms with Gasteiger partial charge >= 0.3 is 0 Å². The summed E-state index contributed by atoms with van der Waals surface area (Å²) in [7, 11) is 0. The molecule has 6 heteroatoms. The van der Waals surface area contributed by atoms with E-state index in [0.29, 0.717) is 13.1 Å². The Kier molecular flexibility index (Phi) is 5.34. The number of aromatic nitrogens is 2. The average Bonchev–Trinajstić information content (AvgIpc) is 3.38. The predicted molar refractivity (Wildman–Crippen MR) is 124 cm³/mol. The Morgan fingerprint density at radius 3 is 2.61 bits per heavy atom. The molecule has 5 rings (SSSR count). The quantitative estimate of drug-likeness (QED) is 0.462. The molecule has 1 saturated heterocycles. The average molecular weight is 432 g/mol. The summed E-state index contributed by atoms with van der Waals surface area (Å²) < 4.78 is 7.88. The molecule has 5 nitrogen and oxygen atoms in total. The van der Waals surface area contributed by atoms with Crippen molar-refractivity contribution in [3.05, 3.63) is 82.3 Å². The fourth-order valence-corrected chi connectivity index (χ4v) is 5.14. The predicted octanol–water partition coefficient (Wildman–Crippen LogP) is 4.90. The Bertz CT molecular complexity index is 1200. The van der Waals surface area contributed by atoms with E-state index in [1.165, 1.54) is 5.56 Å². The molecule has 31 heavy (non-hydrogen) atoms. The van der Waals surface area contributed by atoms with Crippen LogP contribution in [0.2, 0.25) is 0 Å². The normalized spacial score (nSPS) is 19.1. The first-order valence-electron chi connectivity index (χ1n) is 10.6. The molecule has 0 aliphatic carbocycles. The number of benzene rings is 1. The van der Waals surface area contributed by atoms with Gasteiger partial charge in [-0.05, 0) is 37.6 Å². The number of carbonyl (C=O) groups excluding carboxylic acids is 1. The van der Waals surface area contributed by atoms with Crippen LogP contribution in [-0.4, -0.2) is 45.5 Å². The number of carbonyl (C=O) groups is 1. The lowest BCUT2D eigenvalue weighted by molar-refractivity contribution is -0.0585. The van der Waals surface area contributed by atoms with Crippen LogP contribution < -0.4 is 0 Å². The standard InChI is InChI=1S/C25H25N3O2S/c1-17-14-27(15-18(2)30-17)25(29)20-13-23(28-11-7-6-10-22(20)28)21-16-31-24(26-21)12-19-8-4-3-5-9-19/h3-11,13,16-18H,12,14-15H2,1-2H3/t17-,18+. The van der Waals surface area contributed by atoms with E-state index in [1.54, 1.807) is 11.3 Å². The fourth-order valence-electron chi connectivity index (χ4n) is 4.32. The first kappa shape index (κ1) is 20.0. The zero-order valence-electron chi connectivity index (χ0n) is 17.7. The van der Waals surface area contributed by atoms with Gasteiger partial charge in [0.15, 0.2) is 0 Å². The molecule has 2 atom stereocenters. The smallest absolute Gasteiger partial charge is 0.256 e. The van der Waals surface area contributed by atoms with E-state index >= 15 is 0 Å². The van der Waals surface area contributed by atoms with Crippen molar-refractivity contribution < 1.29 is 9.53 Å². The van der Waals surface area contributed by atoms with E-state index in [9.17, 15) is 4.79 Å². The number of hydrogen-bond acceptors (Lipinski definition) is 4. The number of hydrogen-bond donors (Lipinski definition) is 0. The molecule has 1 aliphatic rings. The maximum Gasteiger partial charge on any atom is 0.256 e. The number of thiazole rings is 1. The molecule has 4 aromatic rings. The van der Waals surface area contributed by atoms with Crippen LogP contribution in [0, 0.1) is 0 Å². The third kappa shape index (κ3) is 4.01. The molecule has 0 unspecified atom stereocenters. The zero-order chi connectivity index (χ0) is 21.4. The Hall–Kier alpha value is -2.96. The molecule has 1 aromatic carbocycles. The van der Waals surface area contributed by atoms with Gasteiger partial charge in [0.1, 0.15) is 0 Å². The van der Waals surface area contributed by atoms with Crippen LogP contribution in [0.4, 0.5) is 0 Å². The van der Waals surface area contributed by atoms with Crippen molar-refractivity contribution >= 4 is 22.8 Å². The van der Waals surface area contributed by atoms with Gasteiger partial charge in [0.25, 0.3) is 5.91 Å². The lowest BCUT2D eigenvalue weighted by Gasteiger charge is -2.35. The maximum atomic E-state index is 13.4. The fraction of sp³-hybridized carbons (Fsp3) is 0.280. The minimum absolute atomic E-state index is 0.0418. The molecule has 4 heterocycles. The Labute approximate surface area is 185 Å². The highest BCUT2D eigenvalue weighted by Gasteiger charge is 2.29. The molecular weight excluding hydrogens is 406 g/mol. The van der Waals surface area contributed by atoms with E-state index < -0.39 is 0 Å². The van der Waals surface area contributed by atoms with E-state index in [-0.39, 0.29) is 18.1 Å². The number of fused-ring (bicyclic) bond motifs is 1. The number of rotatable bonds is 4. The molecule has 3 aromatic heterocycles. The van der Waals surface area contributed by atoms with Gasteiger partial charge in [0.2, 0.25) is 0 Å². The second-order valence-corrected chi connectivity index (χ2v) is 9.10. The van der Waals surface area contributed by atoms with Crippen molar-refractivity contribution in [2.45, 2.75) is 32.5 Å². The van der Waals surface area contributed by atoms with Crippen molar-refractivity contribution in [2.75, 3.05) is 13.1 Å². The number of nitrogens with zero attached hydrogens (tertiary/aromatic N) is 3. The summed E-state index contributed by atoms with van der Waals surface area (Å²) in [6.07, 6.45) is 2.90. The molecular formula is C25H25N3O2S. The summed E-state index contributed by atoms with van der Waals surface area (Å²) in [6.45, 7) is 5.26. The van der Waals surface area contributed by atoms with Crippen LogP contribution in [0.25, 0.3) is 16.9 Å². The first-order valence-corrected chi connectivity index (χ1v) is 11.5. The van der Waals surface area contributed by atoms with Crippen molar-refractivity contribution in [1.29, 1.82) is 0 Å². The third-order valence-electron chi connectivity index (χ3n) is 5.63. The summed E-state index contributed by atoms with van der Waals surface area (Å²) in [4.78, 5) is 20.2. The minimum Gasteiger partial charge on any atom is -0.372 e. The second kappa shape index (κ2) is 8.29. The summed E-state index contributed by atoms with van der Waals surface area (Å²) in [5, 5.41) is 3.15. The molecule has 1 amide bonds. The van der Waals surface area contributed by atoms with Crippen molar-refractivity contribution in [2.24, 2.45) is 0 Å². The number of pyridine rings is 1. The topological polar surface area (TPSA) is 46.8 Å². The highest BCUT2D eigenvalue weighted by Crippen LogP contribution is 2.29. The van der Waals surface area contributed by atoms with Gasteiger partial charge in [-0.1, -0.05) is 36.4 Å². The van der Waals surface area contributed by atoms with Gasteiger partial charge < -0.3 is 14.0 Å². The third-order valence-corrected chi connectivity index (χ3v) is 6.47. The van der Waals surface area contributed by atoms with Gasteiger partial charge in [-0.2, -0.15) is 0 Å². The van der Waals surface area contributed by atoms with Gasteiger partial charge in [-0.3, -0.25) is 4.79 Å². The van der Waals surface area contributed by atoms with E-state index in [0.717, 1.165) is 33.9 Å². The van der Waals surface area contributed by atoms with Crippen molar-refractivity contribution in [3.63, 3.8) is 0 Å². The van der Waals surface area contributed by atoms with Crippen LogP contribution in [-0.2, 0) is 11.2 Å². The van der Waals surface area contributed by atoms with Crippen LogP contribution in [0.5, 0.6) is 0 Å². The van der Waals surface area contributed by atoms with Crippen LogP contribution >= 0.6 is 11.3 Å². The van der Waals surface area contributed by atoms with E-state index in [2.05, 4.69) is 34.0 Å². The Morgan fingerprint density at radius 2 is 1.84 bits per heavy atom. The van der Waals surface area contributed by atoms with Gasteiger partial charge in [0.05, 0.1) is 39.7 Å². The maximum absolute atomic E-state index is 13.4. The van der Waals surface area contributed by atoms with Crippen LogP contribution in [0.15, 0.2) is 66.2 Å². The number of ether oxygens (including phenoxy) is 1. The van der Waals surface area contributed by atoms with Gasteiger partial charge in [-0.25, -0.2) is 4.98 Å². The zero-order valence-corrected chi connectivity index (χ0v) is 18.5. The SMILES string of the molecule is C[C@@H]1CN(C(=O)c2cc(-c3csc(Cc4ccccc4)n3)n3ccccc23)C[C@H](C)O1. The number of morpholine rings is 1. The minimum atomic E-state index is 0.0418. The highest BCUT2D eigenvalue weighted by atomic mass is 32.1. The molecule has 0 N–H and O–H groups in total. The highest BCUT2D eigenvalue weighted by molar-refractivity contribution is 7.10. The molecule has 0 radical (unpaired) electrons. The van der Waals surface area contributed by atoms with Crippen LogP contribution in [0.1, 0.15) is 34.8 Å². The Balaban J connectivity index is 1.49. The monoisotopic (exact) mass is 431 g/mol. The summed E-state index contributed by atoms with van der Waals surface area (Å²) >= 11 is 1.66. The van der Waals surface area contributed by atoms with Crippen molar-refractivity contribution in [1.82, 2.24) is 14.3 Å². The Morgan fingerprint density at radius 1 is 1.10 bits per heavy atom. The van der Waals surface area contributed by atoms with Crippen LogP contribution in [0.3, 0.4) is 0 Å². The molecule has 0 bridgehead atoms. The molecule has 0 saturated carbocycles. The molecule has 158 valence electrons. The van der Waals surface area contributed by atoms with Gasteiger partial charge in [-0.15, -0.1) is 11.3 Å². The number of amides is 1. The van der Waals surface area contributed by atoms with E-state index in [4.69, 9.17) is 9.72 Å². The second-order valence-electron chi connectivity index (χ2n) is 8.16. The summed E-state index contributed by atoms with van der Waals surface area (Å²) in [5.74, 6) is 0.0525. The molecule has 1 aliphatic heterocycles. The summed E-state index contributed by atoms with van der Waals surface area (Å²) in [6, 6.07) is 18.3. The lowest BCUT2D eigenvalue weighted by atomic mass is 10.1. The first-order chi connectivity index (χ1) is 15.1. The van der Waals surface area contributed by atoms with Crippen molar-refractivity contribution in [3.8, 4) is 11.4 Å². The molecule has 0 spiro atoms. The summed E-state index contributed by atoms with van der Waals surface area (Å²) in [5.41, 5.74) is 4.72.